The molecule has 0 aliphatic rings. The van der Waals surface area contributed by atoms with Crippen LogP contribution in [0.4, 0.5) is 5.69 Å². The molecule has 56 valence electrons. The predicted molar refractivity (Wildman–Crippen MR) is 43.0 cm³/mol. The van der Waals surface area contributed by atoms with E-state index in [4.69, 9.17) is 5.73 Å². The number of hydrogen-bond acceptors (Lipinski definition) is 3. The molecule has 0 fully saturated rings. The average molecular weight is 148 g/mol. The van der Waals surface area contributed by atoms with Gasteiger partial charge in [0.1, 0.15) is 5.52 Å². The Bertz CT molecular complexity index is 390. The van der Waals surface area contributed by atoms with E-state index < -0.39 is 0 Å². The molecule has 0 saturated heterocycles. The summed E-state index contributed by atoms with van der Waals surface area (Å²) in [5.41, 5.74) is 8.05. The van der Waals surface area contributed by atoms with Gasteiger partial charge in [-0.2, -0.15) is 5.10 Å². The van der Waals surface area contributed by atoms with E-state index in [9.17, 15) is 0 Å². The highest BCUT2D eigenvalue weighted by atomic mass is 15.1. The molecule has 0 spiro atoms. The molecule has 0 radical (unpaired) electrons. The molecule has 0 aliphatic heterocycles. The van der Waals surface area contributed by atoms with Crippen LogP contribution in [0, 0.1) is 6.92 Å². The van der Waals surface area contributed by atoms with Gasteiger partial charge in [-0.05, 0) is 6.92 Å². The van der Waals surface area contributed by atoms with Crippen LogP contribution in [0.25, 0.3) is 10.9 Å². The lowest BCUT2D eigenvalue weighted by molar-refractivity contribution is 1.07. The van der Waals surface area contributed by atoms with Gasteiger partial charge in [0.05, 0.1) is 11.9 Å². The highest BCUT2D eigenvalue weighted by Crippen LogP contribution is 2.18. The fourth-order valence-electron chi connectivity index (χ4n) is 1.07. The molecule has 0 aromatic carbocycles. The minimum Gasteiger partial charge on any atom is -0.396 e. The number of nitrogens with two attached hydrogens (primary N) is 1. The third-order valence-corrected chi connectivity index (χ3v) is 1.69. The summed E-state index contributed by atoms with van der Waals surface area (Å²) < 4.78 is 0. The first-order chi connectivity index (χ1) is 5.29. The van der Waals surface area contributed by atoms with Gasteiger partial charge >= 0.3 is 0 Å². The quantitative estimate of drug-likeness (QED) is 0.582. The van der Waals surface area contributed by atoms with Gasteiger partial charge in [-0.25, -0.2) is 0 Å². The number of nitrogens with zero attached hydrogens (tertiary/aromatic N) is 2. The molecule has 2 heterocycles. The number of rotatable bonds is 0. The monoisotopic (exact) mass is 148 g/mol. The van der Waals surface area contributed by atoms with Crippen LogP contribution in [0.1, 0.15) is 5.69 Å². The summed E-state index contributed by atoms with van der Waals surface area (Å²) in [4.78, 5) is 3.96. The van der Waals surface area contributed by atoms with Gasteiger partial charge in [0.15, 0.2) is 0 Å². The second-order valence-electron chi connectivity index (χ2n) is 2.47. The SMILES string of the molecule is Cc1[nH]nc2c(N)cncc12. The zero-order chi connectivity index (χ0) is 7.84. The molecule has 4 heteroatoms. The zero-order valence-corrected chi connectivity index (χ0v) is 6.13. The van der Waals surface area contributed by atoms with Crippen molar-refractivity contribution in [2.24, 2.45) is 0 Å². The van der Waals surface area contributed by atoms with Crippen LogP contribution < -0.4 is 5.73 Å². The lowest BCUT2D eigenvalue weighted by atomic mass is 10.2. The number of aromatic nitrogens is 3. The predicted octanol–water partition coefficient (Wildman–Crippen LogP) is 0.849. The van der Waals surface area contributed by atoms with Crippen LogP contribution >= 0.6 is 0 Å². The second-order valence-corrected chi connectivity index (χ2v) is 2.47. The lowest BCUT2D eigenvalue weighted by Gasteiger charge is -1.91. The smallest absolute Gasteiger partial charge is 0.118 e. The van der Waals surface area contributed by atoms with Crippen molar-refractivity contribution in [1.29, 1.82) is 0 Å². The molecule has 0 atom stereocenters. The Morgan fingerprint density at radius 2 is 2.27 bits per heavy atom. The molecule has 2 rings (SSSR count). The highest BCUT2D eigenvalue weighted by Gasteiger charge is 2.02. The normalized spacial score (nSPS) is 10.6. The van der Waals surface area contributed by atoms with Gasteiger partial charge in [0, 0.05) is 17.3 Å². The van der Waals surface area contributed by atoms with Crippen molar-refractivity contribution in [3.8, 4) is 0 Å². The van der Waals surface area contributed by atoms with Crippen molar-refractivity contribution in [2.75, 3.05) is 5.73 Å². The number of pyridine rings is 1. The molecule has 0 amide bonds. The minimum absolute atomic E-state index is 0.617. The van der Waals surface area contributed by atoms with Gasteiger partial charge in [0.25, 0.3) is 0 Å². The standard InChI is InChI=1S/C7H8N4/c1-4-5-2-9-3-6(8)7(5)11-10-4/h2-3H,8H2,1H3,(H,10,11). The molecule has 0 bridgehead atoms. The first kappa shape index (κ1) is 6.15. The number of fused-ring (bicyclic) bond motifs is 1. The van der Waals surface area contributed by atoms with Crippen molar-refractivity contribution < 1.29 is 0 Å². The van der Waals surface area contributed by atoms with Crippen LogP contribution in [0.5, 0.6) is 0 Å². The van der Waals surface area contributed by atoms with E-state index in [0.29, 0.717) is 5.69 Å². The molecule has 0 unspecified atom stereocenters. The molecule has 2 aromatic heterocycles. The summed E-state index contributed by atoms with van der Waals surface area (Å²) in [6.45, 7) is 1.94. The summed E-state index contributed by atoms with van der Waals surface area (Å²) in [5.74, 6) is 0. The van der Waals surface area contributed by atoms with Gasteiger partial charge in [-0.3, -0.25) is 10.1 Å². The van der Waals surface area contributed by atoms with E-state index in [1.54, 1.807) is 12.4 Å². The molecular weight excluding hydrogens is 140 g/mol. The van der Waals surface area contributed by atoms with Crippen molar-refractivity contribution in [3.05, 3.63) is 18.1 Å². The highest BCUT2D eigenvalue weighted by molar-refractivity contribution is 5.89. The maximum Gasteiger partial charge on any atom is 0.118 e. The summed E-state index contributed by atoms with van der Waals surface area (Å²) in [5, 5.41) is 7.87. The Morgan fingerprint density at radius 3 is 3.00 bits per heavy atom. The molecule has 2 aromatic rings. The van der Waals surface area contributed by atoms with E-state index in [0.717, 1.165) is 16.6 Å². The summed E-state index contributed by atoms with van der Waals surface area (Å²) >= 11 is 0. The third-order valence-electron chi connectivity index (χ3n) is 1.69. The van der Waals surface area contributed by atoms with Crippen molar-refractivity contribution >= 4 is 16.6 Å². The molecule has 3 N–H and O–H groups in total. The lowest BCUT2D eigenvalue weighted by Crippen LogP contribution is -1.87. The number of nitrogens with one attached hydrogen (secondary N) is 1. The van der Waals surface area contributed by atoms with Gasteiger partial charge in [-0.1, -0.05) is 0 Å². The van der Waals surface area contributed by atoms with E-state index in [2.05, 4.69) is 15.2 Å². The molecular formula is C7H8N4. The topological polar surface area (TPSA) is 67.6 Å². The van der Waals surface area contributed by atoms with E-state index in [1.807, 2.05) is 6.92 Å². The van der Waals surface area contributed by atoms with Crippen LogP contribution in [0.3, 0.4) is 0 Å². The maximum absolute atomic E-state index is 5.62. The van der Waals surface area contributed by atoms with Gasteiger partial charge in [0.2, 0.25) is 0 Å². The van der Waals surface area contributed by atoms with E-state index >= 15 is 0 Å². The number of aromatic amines is 1. The third kappa shape index (κ3) is 0.756. The minimum atomic E-state index is 0.617. The van der Waals surface area contributed by atoms with Gasteiger partial charge in [-0.15, -0.1) is 0 Å². The Labute approximate surface area is 63.4 Å². The summed E-state index contributed by atoms with van der Waals surface area (Å²) in [7, 11) is 0. The van der Waals surface area contributed by atoms with Crippen LogP contribution in [0.2, 0.25) is 0 Å². The van der Waals surface area contributed by atoms with Crippen molar-refractivity contribution in [3.63, 3.8) is 0 Å². The summed E-state index contributed by atoms with van der Waals surface area (Å²) in [6.07, 6.45) is 3.35. The molecule has 11 heavy (non-hydrogen) atoms. The molecule has 0 saturated carbocycles. The second kappa shape index (κ2) is 1.95. The molecule has 4 nitrogen and oxygen atoms in total. The Morgan fingerprint density at radius 1 is 1.45 bits per heavy atom. The van der Waals surface area contributed by atoms with E-state index in [1.165, 1.54) is 0 Å². The van der Waals surface area contributed by atoms with Crippen molar-refractivity contribution in [1.82, 2.24) is 15.2 Å². The number of anilines is 1. The number of hydrogen-bond donors (Lipinski definition) is 2. The summed E-state index contributed by atoms with van der Waals surface area (Å²) in [6, 6.07) is 0. The van der Waals surface area contributed by atoms with Crippen LogP contribution in [-0.4, -0.2) is 15.2 Å². The van der Waals surface area contributed by atoms with Crippen molar-refractivity contribution in [2.45, 2.75) is 6.92 Å². The van der Waals surface area contributed by atoms with E-state index in [-0.39, 0.29) is 0 Å². The van der Waals surface area contributed by atoms with Gasteiger partial charge < -0.3 is 5.73 Å². The first-order valence-electron chi connectivity index (χ1n) is 3.33. The number of H-pyrrole nitrogens is 1. The van der Waals surface area contributed by atoms with Crippen LogP contribution in [-0.2, 0) is 0 Å². The Balaban J connectivity index is 2.94. The van der Waals surface area contributed by atoms with Crippen LogP contribution in [0.15, 0.2) is 12.4 Å². The maximum atomic E-state index is 5.62. The number of aryl methyl sites for hydroxylation is 1. The number of nitrogen functional groups attached to an aromatic ring is 1. The molecule has 0 aliphatic carbocycles. The fraction of sp³-hybridized carbons (Fsp3) is 0.143. The first-order valence-corrected chi connectivity index (χ1v) is 3.33. The largest absolute Gasteiger partial charge is 0.396 e. The Hall–Kier alpha value is -1.58. The fourth-order valence-corrected chi connectivity index (χ4v) is 1.07. The average Bonchev–Trinajstić information content (AvgIpc) is 2.35. The Kier molecular flexibility index (Phi) is 1.09. The zero-order valence-electron chi connectivity index (χ0n) is 6.13.